The van der Waals surface area contributed by atoms with Gasteiger partial charge >= 0.3 is 0 Å². The molecular formula is C28H34N8O4. The first-order chi connectivity index (χ1) is 19.0. The molecule has 1 saturated carbocycles. The first-order valence-electron chi connectivity index (χ1n) is 13.1. The summed E-state index contributed by atoms with van der Waals surface area (Å²) < 4.78 is 1.30. The van der Waals surface area contributed by atoms with Crippen molar-refractivity contribution in [2.24, 2.45) is 5.73 Å². The van der Waals surface area contributed by atoms with Gasteiger partial charge in [-0.15, -0.1) is 0 Å². The molecule has 3 aromatic rings. The van der Waals surface area contributed by atoms with E-state index in [2.05, 4.69) is 20.9 Å². The minimum Gasteiger partial charge on any atom is -0.507 e. The van der Waals surface area contributed by atoms with Gasteiger partial charge in [0.25, 0.3) is 11.5 Å². The fourth-order valence-corrected chi connectivity index (χ4v) is 4.05. The summed E-state index contributed by atoms with van der Waals surface area (Å²) in [6.07, 6.45) is 4.11. The molecule has 0 radical (unpaired) electrons. The second-order valence-corrected chi connectivity index (χ2v) is 9.97. The highest BCUT2D eigenvalue weighted by atomic mass is 16.3. The molecule has 0 spiro atoms. The van der Waals surface area contributed by atoms with Crippen LogP contribution in [-0.2, 0) is 17.9 Å². The minimum atomic E-state index is -0.476. The molecule has 1 aliphatic rings. The first-order valence-corrected chi connectivity index (χ1v) is 13.1. The van der Waals surface area contributed by atoms with E-state index < -0.39 is 11.5 Å². The van der Waals surface area contributed by atoms with Crippen LogP contribution in [0.15, 0.2) is 47.4 Å². The Morgan fingerprint density at radius 2 is 1.98 bits per heavy atom. The number of hydrogen-bond acceptors (Lipinski definition) is 8. The largest absolute Gasteiger partial charge is 0.507 e. The summed E-state index contributed by atoms with van der Waals surface area (Å²) in [5.74, 6) is -1.05. The number of anilines is 2. The lowest BCUT2D eigenvalue weighted by molar-refractivity contribution is -0.121. The van der Waals surface area contributed by atoms with Crippen LogP contribution in [0.3, 0.4) is 0 Å². The number of phenols is 1. The Hall–Kier alpha value is -4.87. The summed E-state index contributed by atoms with van der Waals surface area (Å²) in [6.45, 7) is 3.62. The maximum atomic E-state index is 13.5. The molecule has 2 aromatic carbocycles. The second-order valence-electron chi connectivity index (χ2n) is 9.97. The van der Waals surface area contributed by atoms with E-state index in [1.54, 1.807) is 24.3 Å². The molecule has 9 N–H and O–H groups in total. The average Bonchev–Trinajstić information content (AvgIpc) is 3.73. The van der Waals surface area contributed by atoms with Crippen LogP contribution in [0.4, 0.5) is 11.5 Å². The highest BCUT2D eigenvalue weighted by molar-refractivity contribution is 5.97. The molecule has 12 nitrogen and oxygen atoms in total. The summed E-state index contributed by atoms with van der Waals surface area (Å²) >= 11 is 0. The number of amides is 2. The van der Waals surface area contributed by atoms with Crippen LogP contribution >= 0.6 is 0 Å². The van der Waals surface area contributed by atoms with E-state index in [1.807, 2.05) is 13.8 Å². The summed E-state index contributed by atoms with van der Waals surface area (Å²) in [5.41, 5.74) is 13.3. The van der Waals surface area contributed by atoms with Gasteiger partial charge in [0.2, 0.25) is 5.91 Å². The Labute approximate surface area is 231 Å². The van der Waals surface area contributed by atoms with Gasteiger partial charge in [-0.2, -0.15) is 0 Å². The van der Waals surface area contributed by atoms with Gasteiger partial charge in [-0.05, 0) is 62.1 Å². The zero-order valence-electron chi connectivity index (χ0n) is 22.5. The number of hydrogen-bond donors (Lipinski definition) is 7. The lowest BCUT2D eigenvalue weighted by atomic mass is 10.1. The third-order valence-corrected chi connectivity index (χ3v) is 6.62. The predicted molar refractivity (Wildman–Crippen MR) is 153 cm³/mol. The van der Waals surface area contributed by atoms with Gasteiger partial charge < -0.3 is 32.5 Å². The fourth-order valence-electron chi connectivity index (χ4n) is 4.05. The van der Waals surface area contributed by atoms with Crippen LogP contribution in [0.1, 0.15) is 54.6 Å². The third-order valence-electron chi connectivity index (χ3n) is 6.62. The molecule has 210 valence electrons. The molecule has 4 rings (SSSR count). The lowest BCUT2D eigenvalue weighted by Crippen LogP contribution is -2.34. The Kier molecular flexibility index (Phi) is 8.37. The van der Waals surface area contributed by atoms with Crippen molar-refractivity contribution in [2.75, 3.05) is 11.1 Å². The summed E-state index contributed by atoms with van der Waals surface area (Å²) in [4.78, 5) is 43.6. The van der Waals surface area contributed by atoms with Crippen LogP contribution < -0.4 is 33.0 Å². The number of aromatic hydroxyl groups is 1. The molecule has 1 atom stereocenters. The topological polar surface area (TPSA) is 201 Å². The molecule has 0 saturated heterocycles. The smallest absolute Gasteiger partial charge is 0.294 e. The first kappa shape index (κ1) is 28.1. The Morgan fingerprint density at radius 1 is 1.23 bits per heavy atom. The van der Waals surface area contributed by atoms with Gasteiger partial charge in [-0.3, -0.25) is 24.4 Å². The van der Waals surface area contributed by atoms with Crippen molar-refractivity contribution in [3.8, 4) is 17.0 Å². The molecule has 0 bridgehead atoms. The number of nitrogens with two attached hydrogens (primary N) is 2. The standard InChI is InChI=1S/C28H34N8O4/c1-3-15(2)34-27(39)18-9-17(10-19(29)11-18)22-13-33-26(35-20-5-6-20)28(40)36(22)14-24(38)32-12-16-4-7-21(25(30)31)23(37)8-16/h4,7-11,13,15,20,37H,3,5-6,12,14,29H2,1-2H3,(H3,30,31)(H,32,38)(H,33,35)(H,34,39)/t15-/m1/s1. The highest BCUT2D eigenvalue weighted by Gasteiger charge is 2.24. The zero-order chi connectivity index (χ0) is 29.0. The molecule has 12 heteroatoms. The van der Waals surface area contributed by atoms with E-state index in [-0.39, 0.29) is 54.0 Å². The molecule has 40 heavy (non-hydrogen) atoms. The van der Waals surface area contributed by atoms with Gasteiger partial charge in [0.1, 0.15) is 18.1 Å². The van der Waals surface area contributed by atoms with Gasteiger partial charge in [0.15, 0.2) is 5.82 Å². The van der Waals surface area contributed by atoms with Gasteiger partial charge in [0.05, 0.1) is 17.5 Å². The van der Waals surface area contributed by atoms with Gasteiger partial charge in [-0.1, -0.05) is 13.0 Å². The van der Waals surface area contributed by atoms with Crippen LogP contribution in [0.2, 0.25) is 0 Å². The molecule has 0 unspecified atom stereocenters. The SMILES string of the molecule is CC[C@@H](C)NC(=O)c1cc(N)cc(-c2cnc(NC3CC3)c(=O)n2CC(=O)NCc2ccc(C(=N)N)c(O)c2)c1. The van der Waals surface area contributed by atoms with E-state index in [1.165, 1.54) is 22.9 Å². The Morgan fingerprint density at radius 3 is 2.62 bits per heavy atom. The number of rotatable bonds is 11. The molecule has 2 amide bonds. The molecule has 1 heterocycles. The summed E-state index contributed by atoms with van der Waals surface area (Å²) in [7, 11) is 0. The molecular weight excluding hydrogens is 512 g/mol. The van der Waals surface area contributed by atoms with Crippen molar-refractivity contribution in [1.82, 2.24) is 20.2 Å². The fraction of sp³-hybridized carbons (Fsp3) is 0.321. The van der Waals surface area contributed by atoms with Crippen molar-refractivity contribution >= 4 is 29.2 Å². The normalized spacial score (nSPS) is 13.3. The zero-order valence-corrected chi connectivity index (χ0v) is 22.5. The maximum absolute atomic E-state index is 13.5. The van der Waals surface area contributed by atoms with Crippen LogP contribution in [-0.4, -0.2) is 44.4 Å². The molecule has 1 fully saturated rings. The van der Waals surface area contributed by atoms with E-state index in [4.69, 9.17) is 16.9 Å². The Bertz CT molecular complexity index is 1510. The van der Waals surface area contributed by atoms with Crippen LogP contribution in [0.25, 0.3) is 11.3 Å². The Balaban J connectivity index is 1.62. The molecule has 0 aliphatic heterocycles. The van der Waals surface area contributed by atoms with Crippen molar-refractivity contribution in [2.45, 2.75) is 58.3 Å². The van der Waals surface area contributed by atoms with Gasteiger partial charge in [-0.25, -0.2) is 4.98 Å². The highest BCUT2D eigenvalue weighted by Crippen LogP contribution is 2.26. The molecule has 1 aliphatic carbocycles. The second kappa shape index (κ2) is 11.9. The number of nitrogens with zero attached hydrogens (tertiary/aromatic N) is 2. The third kappa shape index (κ3) is 6.76. The predicted octanol–water partition coefficient (Wildman–Crippen LogP) is 1.90. The number of amidine groups is 1. The maximum Gasteiger partial charge on any atom is 0.294 e. The van der Waals surface area contributed by atoms with E-state index >= 15 is 0 Å². The van der Waals surface area contributed by atoms with Gasteiger partial charge in [0, 0.05) is 35.4 Å². The monoisotopic (exact) mass is 546 g/mol. The van der Waals surface area contributed by atoms with E-state index in [0.717, 1.165) is 19.3 Å². The van der Waals surface area contributed by atoms with E-state index in [0.29, 0.717) is 28.1 Å². The number of nitrogen functional groups attached to an aromatic ring is 2. The summed E-state index contributed by atoms with van der Waals surface area (Å²) in [6, 6.07) is 9.48. The van der Waals surface area contributed by atoms with E-state index in [9.17, 15) is 19.5 Å². The number of nitrogens with one attached hydrogen (secondary N) is 4. The number of benzene rings is 2. The minimum absolute atomic E-state index is 0.0331. The van der Waals surface area contributed by atoms with Crippen molar-refractivity contribution in [3.63, 3.8) is 0 Å². The average molecular weight is 547 g/mol. The molecule has 1 aromatic heterocycles. The lowest BCUT2D eigenvalue weighted by Gasteiger charge is -2.17. The number of carbonyl (C=O) groups excluding carboxylic acids is 2. The van der Waals surface area contributed by atoms with Crippen molar-refractivity contribution in [1.29, 1.82) is 5.41 Å². The van der Waals surface area contributed by atoms with Crippen molar-refractivity contribution < 1.29 is 14.7 Å². The van der Waals surface area contributed by atoms with Crippen LogP contribution in [0.5, 0.6) is 5.75 Å². The number of phenolic OH excluding ortho intramolecular Hbond substituents is 1. The number of carbonyl (C=O) groups is 2. The quantitative estimate of drug-likeness (QED) is 0.107. The number of aromatic nitrogens is 2. The van der Waals surface area contributed by atoms with Crippen LogP contribution in [0, 0.1) is 5.41 Å². The van der Waals surface area contributed by atoms with Crippen molar-refractivity contribution in [3.05, 3.63) is 69.6 Å². The summed E-state index contributed by atoms with van der Waals surface area (Å²) in [5, 5.41) is 26.3.